The zero-order valence-corrected chi connectivity index (χ0v) is 13.9. The van der Waals surface area contributed by atoms with E-state index in [4.69, 9.17) is 8.85 Å². The summed E-state index contributed by atoms with van der Waals surface area (Å²) in [6.45, 7) is 19.0. The van der Waals surface area contributed by atoms with Gasteiger partial charge in [-0.1, -0.05) is 5.20 Å². The van der Waals surface area contributed by atoms with Gasteiger partial charge in [-0.25, -0.2) is 0 Å². The van der Waals surface area contributed by atoms with E-state index in [1.54, 1.807) is 0 Å². The van der Waals surface area contributed by atoms with Gasteiger partial charge < -0.3 is 8.85 Å². The first-order valence-corrected chi connectivity index (χ1v) is 12.2. The average Bonchev–Trinajstić information content (AvgIpc) is 2.14. The van der Waals surface area contributed by atoms with Crippen LogP contribution in [0.1, 0.15) is 20.3 Å². The van der Waals surface area contributed by atoms with Gasteiger partial charge in [0.05, 0.1) is 0 Å². The molecule has 0 amide bonds. The van der Waals surface area contributed by atoms with Crippen molar-refractivity contribution in [3.8, 4) is 0 Å². The summed E-state index contributed by atoms with van der Waals surface area (Å²) < 4.78 is 11.7. The third kappa shape index (κ3) is 5.98. The molecule has 0 rings (SSSR count). The average molecular weight is 261 g/mol. The van der Waals surface area contributed by atoms with Crippen LogP contribution in [0.25, 0.3) is 0 Å². The van der Waals surface area contributed by atoms with E-state index in [0.29, 0.717) is 0 Å². The lowest BCUT2D eigenvalue weighted by Crippen LogP contribution is -2.36. The molecule has 0 fully saturated rings. The highest BCUT2D eigenvalue weighted by Gasteiger charge is 2.29. The molecule has 0 aromatic carbocycles. The molecular formula is C12H28O2Si2. The molecule has 0 saturated heterocycles. The molecule has 0 saturated carbocycles. The first kappa shape index (κ1) is 16.1. The van der Waals surface area contributed by atoms with Crippen molar-refractivity contribution in [3.63, 3.8) is 0 Å². The van der Waals surface area contributed by atoms with Crippen LogP contribution < -0.4 is 0 Å². The van der Waals surface area contributed by atoms with Crippen LogP contribution in [-0.4, -0.2) is 29.8 Å². The van der Waals surface area contributed by atoms with Gasteiger partial charge in [-0.3, -0.25) is 0 Å². The molecule has 96 valence electrons. The summed E-state index contributed by atoms with van der Waals surface area (Å²) in [5.41, 5.74) is 0. The summed E-state index contributed by atoms with van der Waals surface area (Å²) in [4.78, 5) is 0. The van der Waals surface area contributed by atoms with Gasteiger partial charge in [0, 0.05) is 13.2 Å². The highest BCUT2D eigenvalue weighted by Crippen LogP contribution is 2.24. The summed E-state index contributed by atoms with van der Waals surface area (Å²) in [5.74, 6) is 0. The maximum absolute atomic E-state index is 5.83. The fraction of sp³-hybridized carbons (Fsp3) is 0.833. The molecule has 0 radical (unpaired) electrons. The van der Waals surface area contributed by atoms with Gasteiger partial charge in [-0.05, 0) is 52.5 Å². The van der Waals surface area contributed by atoms with Crippen molar-refractivity contribution in [1.82, 2.24) is 0 Å². The van der Waals surface area contributed by atoms with Crippen molar-refractivity contribution in [2.24, 2.45) is 0 Å². The quantitative estimate of drug-likeness (QED) is 0.615. The van der Waals surface area contributed by atoms with Crippen molar-refractivity contribution < 1.29 is 8.85 Å². The lowest BCUT2D eigenvalue weighted by atomic mass is 10.5. The Morgan fingerprint density at radius 2 is 1.50 bits per heavy atom. The highest BCUT2D eigenvalue weighted by atomic mass is 28.4. The maximum Gasteiger partial charge on any atom is 0.213 e. The van der Waals surface area contributed by atoms with Gasteiger partial charge in [0.2, 0.25) is 8.32 Å². The topological polar surface area (TPSA) is 18.5 Å². The van der Waals surface area contributed by atoms with E-state index in [1.165, 1.54) is 5.20 Å². The van der Waals surface area contributed by atoms with Crippen molar-refractivity contribution in [1.29, 1.82) is 0 Å². The van der Waals surface area contributed by atoms with Crippen molar-refractivity contribution in [2.75, 3.05) is 13.2 Å². The lowest BCUT2D eigenvalue weighted by molar-refractivity contribution is 0.327. The smallest absolute Gasteiger partial charge is 0.213 e. The molecule has 0 aromatic heterocycles. The zero-order valence-electron chi connectivity index (χ0n) is 11.9. The van der Waals surface area contributed by atoms with Crippen LogP contribution in [0, 0.1) is 0 Å². The van der Waals surface area contributed by atoms with Gasteiger partial charge in [-0.15, -0.1) is 6.58 Å². The fourth-order valence-corrected chi connectivity index (χ4v) is 5.41. The van der Waals surface area contributed by atoms with E-state index in [9.17, 15) is 0 Å². The van der Waals surface area contributed by atoms with E-state index >= 15 is 0 Å². The van der Waals surface area contributed by atoms with E-state index in [0.717, 1.165) is 25.7 Å². The van der Waals surface area contributed by atoms with Crippen LogP contribution in [0.15, 0.2) is 11.8 Å². The Kier molecular flexibility index (Phi) is 6.78. The van der Waals surface area contributed by atoms with Gasteiger partial charge in [0.1, 0.15) is 0 Å². The normalized spacial score (nSPS) is 12.9. The first-order chi connectivity index (χ1) is 7.25. The summed E-state index contributed by atoms with van der Waals surface area (Å²) in [6, 6.07) is 1.16. The van der Waals surface area contributed by atoms with Gasteiger partial charge in [0.25, 0.3) is 0 Å². The van der Waals surface area contributed by atoms with Gasteiger partial charge in [0.15, 0.2) is 8.32 Å². The second kappa shape index (κ2) is 6.74. The SMILES string of the molecule is C=C(CC[Si](C)(C)OCC)[Si](C)(C)OCC. The Morgan fingerprint density at radius 3 is 1.94 bits per heavy atom. The fourth-order valence-electron chi connectivity index (χ4n) is 1.68. The number of rotatable bonds is 8. The Bertz CT molecular complexity index is 225. The Balaban J connectivity index is 4.16. The first-order valence-electron chi connectivity index (χ1n) is 6.21. The van der Waals surface area contributed by atoms with Crippen LogP contribution in [0.5, 0.6) is 0 Å². The predicted octanol–water partition coefficient (Wildman–Crippen LogP) is 3.96. The molecule has 2 nitrogen and oxygen atoms in total. The molecular weight excluding hydrogens is 232 g/mol. The van der Waals surface area contributed by atoms with Crippen LogP contribution in [0.4, 0.5) is 0 Å². The van der Waals surface area contributed by atoms with E-state index in [-0.39, 0.29) is 0 Å². The molecule has 0 aliphatic carbocycles. The minimum absolute atomic E-state index is 0.796. The predicted molar refractivity (Wildman–Crippen MR) is 76.8 cm³/mol. The van der Waals surface area contributed by atoms with E-state index < -0.39 is 16.6 Å². The molecule has 0 N–H and O–H groups in total. The number of hydrogen-bond acceptors (Lipinski definition) is 2. The molecule has 16 heavy (non-hydrogen) atoms. The standard InChI is InChI=1S/C12H28O2Si2/c1-8-13-15(4,5)11-10-12(3)16(6,7)14-9-2/h3,8-11H2,1-2,4-7H3. The monoisotopic (exact) mass is 260 g/mol. The Hall–Kier alpha value is 0.0938. The highest BCUT2D eigenvalue weighted by molar-refractivity contribution is 6.78. The van der Waals surface area contributed by atoms with Crippen LogP contribution in [0.2, 0.25) is 32.2 Å². The largest absolute Gasteiger partial charge is 0.418 e. The summed E-state index contributed by atoms with van der Waals surface area (Å²) in [7, 11) is -3.12. The molecule has 0 aliphatic heterocycles. The molecule has 0 unspecified atom stereocenters. The van der Waals surface area contributed by atoms with Gasteiger partial charge >= 0.3 is 0 Å². The van der Waals surface area contributed by atoms with Crippen molar-refractivity contribution in [3.05, 3.63) is 11.8 Å². The Labute approximate surface area is 103 Å². The molecule has 4 heteroatoms. The van der Waals surface area contributed by atoms with Crippen LogP contribution in [-0.2, 0) is 8.85 Å². The molecule has 0 atom stereocenters. The molecule has 0 bridgehead atoms. The third-order valence-corrected chi connectivity index (χ3v) is 8.41. The lowest BCUT2D eigenvalue weighted by Gasteiger charge is -2.28. The maximum atomic E-state index is 5.83. The van der Waals surface area contributed by atoms with Crippen LogP contribution in [0.3, 0.4) is 0 Å². The third-order valence-electron chi connectivity index (χ3n) is 2.92. The zero-order chi connectivity index (χ0) is 12.8. The summed E-state index contributed by atoms with van der Waals surface area (Å²) in [6.07, 6.45) is 1.07. The molecule has 0 aliphatic rings. The second-order valence-corrected chi connectivity index (χ2v) is 13.6. The molecule has 0 heterocycles. The number of hydrogen-bond donors (Lipinski definition) is 0. The van der Waals surface area contributed by atoms with E-state index in [1.807, 2.05) is 0 Å². The number of allylic oxidation sites excluding steroid dienone is 1. The minimum atomic E-state index is -1.66. The Morgan fingerprint density at radius 1 is 1.00 bits per heavy atom. The van der Waals surface area contributed by atoms with Crippen molar-refractivity contribution in [2.45, 2.75) is 52.5 Å². The summed E-state index contributed by atoms with van der Waals surface area (Å²) in [5, 5.41) is 1.31. The van der Waals surface area contributed by atoms with Gasteiger partial charge in [-0.2, -0.15) is 0 Å². The minimum Gasteiger partial charge on any atom is -0.418 e. The summed E-state index contributed by atoms with van der Waals surface area (Å²) >= 11 is 0. The second-order valence-electron chi connectivity index (χ2n) is 5.24. The van der Waals surface area contributed by atoms with E-state index in [2.05, 4.69) is 46.6 Å². The molecule has 0 aromatic rings. The van der Waals surface area contributed by atoms with Crippen molar-refractivity contribution >= 4 is 16.6 Å². The molecule has 0 spiro atoms. The van der Waals surface area contributed by atoms with Crippen LogP contribution >= 0.6 is 0 Å².